The summed E-state index contributed by atoms with van der Waals surface area (Å²) in [7, 11) is 0. The summed E-state index contributed by atoms with van der Waals surface area (Å²) in [6.45, 7) is 10.8. The molecule has 4 fully saturated rings. The molecule has 0 aromatic carbocycles. The summed E-state index contributed by atoms with van der Waals surface area (Å²) in [4.78, 5) is 45.1. The van der Waals surface area contributed by atoms with Crippen LogP contribution in [0.1, 0.15) is 52.4 Å². The molecule has 0 saturated carbocycles. The molecular formula is C22H38N4O8. The highest BCUT2D eigenvalue weighted by Crippen LogP contribution is 2.35. The molecule has 4 saturated heterocycles. The van der Waals surface area contributed by atoms with E-state index in [9.17, 15) is 9.59 Å². The molecule has 194 valence electrons. The standard InChI is InChI=1S/2C10H18N2O2.C2H2O4/c2*1-2-3-6-14-9(13)12-5-4-10(12)7-11-8-10;3-1(4)2(5)6/h2*11H,2-8H2,1H3;(H,3,4)(H,5,6). The van der Waals surface area contributed by atoms with Gasteiger partial charge in [-0.3, -0.25) is 9.80 Å². The number of carboxylic acids is 2. The normalized spacial score (nSPS) is 20.1. The smallest absolute Gasteiger partial charge is 0.414 e. The average molecular weight is 487 g/mol. The first-order valence-corrected chi connectivity index (χ1v) is 12.0. The number of amides is 2. The van der Waals surface area contributed by atoms with Gasteiger partial charge in [0.25, 0.3) is 0 Å². The number of unbranched alkanes of at least 4 members (excludes halogenated alkanes) is 2. The van der Waals surface area contributed by atoms with E-state index in [2.05, 4.69) is 24.5 Å². The number of hydrogen-bond acceptors (Lipinski definition) is 8. The van der Waals surface area contributed by atoms with Crippen molar-refractivity contribution in [3.63, 3.8) is 0 Å². The molecule has 0 aromatic rings. The van der Waals surface area contributed by atoms with Gasteiger partial charge >= 0.3 is 24.1 Å². The van der Waals surface area contributed by atoms with Gasteiger partial charge in [0, 0.05) is 39.3 Å². The Morgan fingerprint density at radius 3 is 1.26 bits per heavy atom. The number of carbonyl (C=O) groups excluding carboxylic acids is 2. The van der Waals surface area contributed by atoms with E-state index < -0.39 is 11.9 Å². The molecule has 0 atom stereocenters. The Labute approximate surface area is 199 Å². The van der Waals surface area contributed by atoms with Crippen LogP contribution >= 0.6 is 0 Å². The van der Waals surface area contributed by atoms with Crippen LogP contribution in [0, 0.1) is 0 Å². The van der Waals surface area contributed by atoms with Gasteiger partial charge < -0.3 is 30.3 Å². The predicted octanol–water partition coefficient (Wildman–Crippen LogP) is 1.10. The van der Waals surface area contributed by atoms with Crippen LogP contribution in [-0.4, -0.2) is 108 Å². The summed E-state index contributed by atoms with van der Waals surface area (Å²) in [6, 6.07) is 0. The lowest BCUT2D eigenvalue weighted by Gasteiger charge is -2.57. The third-order valence-electron chi connectivity index (χ3n) is 6.63. The number of nitrogens with one attached hydrogen (secondary N) is 2. The molecule has 4 rings (SSSR count). The van der Waals surface area contributed by atoms with Crippen LogP contribution in [0.5, 0.6) is 0 Å². The Balaban J connectivity index is 0.000000196. The third-order valence-corrected chi connectivity index (χ3v) is 6.63. The molecule has 12 nitrogen and oxygen atoms in total. The Hall–Kier alpha value is -2.60. The second-order valence-electron chi connectivity index (χ2n) is 9.01. The molecule has 2 spiro atoms. The van der Waals surface area contributed by atoms with E-state index in [-0.39, 0.29) is 23.3 Å². The van der Waals surface area contributed by atoms with Crippen molar-refractivity contribution in [3.8, 4) is 0 Å². The first-order valence-electron chi connectivity index (χ1n) is 12.0. The zero-order chi connectivity index (χ0) is 25.2. The highest BCUT2D eigenvalue weighted by molar-refractivity contribution is 6.27. The number of carboxylic acid groups (broad SMARTS) is 2. The van der Waals surface area contributed by atoms with Gasteiger partial charge in [-0.15, -0.1) is 0 Å². The van der Waals surface area contributed by atoms with E-state index in [1.165, 1.54) is 0 Å². The summed E-state index contributed by atoms with van der Waals surface area (Å²) in [5.41, 5.74) is 0.257. The zero-order valence-corrected chi connectivity index (χ0v) is 20.1. The topological polar surface area (TPSA) is 158 Å². The van der Waals surface area contributed by atoms with E-state index in [1.807, 2.05) is 9.80 Å². The summed E-state index contributed by atoms with van der Waals surface area (Å²) >= 11 is 0. The molecule has 0 unspecified atom stereocenters. The quantitative estimate of drug-likeness (QED) is 0.316. The van der Waals surface area contributed by atoms with Gasteiger partial charge in [-0.05, 0) is 25.7 Å². The molecule has 2 amide bonds. The lowest BCUT2D eigenvalue weighted by atomic mass is 9.80. The highest BCUT2D eigenvalue weighted by Gasteiger charge is 2.53. The van der Waals surface area contributed by atoms with E-state index in [4.69, 9.17) is 29.3 Å². The van der Waals surface area contributed by atoms with Gasteiger partial charge in [0.2, 0.25) is 0 Å². The summed E-state index contributed by atoms with van der Waals surface area (Å²) in [5.74, 6) is -3.65. The Kier molecular flexibility index (Phi) is 10.4. The van der Waals surface area contributed by atoms with Gasteiger partial charge in [-0.2, -0.15) is 0 Å². The summed E-state index contributed by atoms with van der Waals surface area (Å²) < 4.78 is 10.4. The van der Waals surface area contributed by atoms with Gasteiger partial charge in [0.1, 0.15) is 0 Å². The average Bonchev–Trinajstić information content (AvgIpc) is 2.65. The van der Waals surface area contributed by atoms with Crippen LogP contribution in [0.3, 0.4) is 0 Å². The van der Waals surface area contributed by atoms with Crippen molar-refractivity contribution in [1.29, 1.82) is 0 Å². The predicted molar refractivity (Wildman–Crippen MR) is 122 cm³/mol. The first kappa shape index (κ1) is 27.6. The molecule has 34 heavy (non-hydrogen) atoms. The number of likely N-dealkylation sites (tertiary alicyclic amines) is 2. The second kappa shape index (κ2) is 12.7. The Bertz CT molecular complexity index is 653. The summed E-state index contributed by atoms with van der Waals surface area (Å²) in [6.07, 6.45) is 6.08. The first-order chi connectivity index (χ1) is 16.2. The maximum atomic E-state index is 11.6. The molecule has 0 aliphatic carbocycles. The largest absolute Gasteiger partial charge is 0.473 e. The second-order valence-corrected chi connectivity index (χ2v) is 9.01. The molecule has 0 aromatic heterocycles. The molecule has 4 aliphatic rings. The maximum absolute atomic E-state index is 11.6. The van der Waals surface area contributed by atoms with Crippen molar-refractivity contribution in [2.24, 2.45) is 0 Å². The van der Waals surface area contributed by atoms with E-state index in [1.54, 1.807) is 0 Å². The van der Waals surface area contributed by atoms with Crippen LogP contribution in [0.2, 0.25) is 0 Å². The van der Waals surface area contributed by atoms with Crippen molar-refractivity contribution in [1.82, 2.24) is 20.4 Å². The van der Waals surface area contributed by atoms with Crippen molar-refractivity contribution >= 4 is 24.1 Å². The lowest BCUT2D eigenvalue weighted by molar-refractivity contribution is -0.159. The molecular weight excluding hydrogens is 448 g/mol. The highest BCUT2D eigenvalue weighted by atomic mass is 16.6. The third kappa shape index (κ3) is 6.72. The van der Waals surface area contributed by atoms with Gasteiger partial charge in [0.15, 0.2) is 0 Å². The van der Waals surface area contributed by atoms with Crippen molar-refractivity contribution in [2.45, 2.75) is 63.5 Å². The summed E-state index contributed by atoms with van der Waals surface area (Å²) in [5, 5.41) is 21.2. The molecule has 4 N–H and O–H groups in total. The van der Waals surface area contributed by atoms with Gasteiger partial charge in [0.05, 0.1) is 24.3 Å². The SMILES string of the molecule is CCCCOC(=O)N1CCC12CNC2.CCCCOC(=O)N1CCC12CNC2.O=C(O)C(=O)O. The zero-order valence-electron chi connectivity index (χ0n) is 20.1. The number of aliphatic carboxylic acids is 2. The minimum absolute atomic E-state index is 0.119. The fraction of sp³-hybridized carbons (Fsp3) is 0.818. The number of carbonyl (C=O) groups is 4. The van der Waals surface area contributed by atoms with Crippen LogP contribution in [0.15, 0.2) is 0 Å². The lowest BCUT2D eigenvalue weighted by Crippen LogP contribution is -2.77. The van der Waals surface area contributed by atoms with Gasteiger partial charge in [-0.1, -0.05) is 26.7 Å². The van der Waals surface area contributed by atoms with Crippen LogP contribution in [0.4, 0.5) is 9.59 Å². The number of nitrogens with zero attached hydrogens (tertiary/aromatic N) is 2. The Morgan fingerprint density at radius 1 is 0.735 bits per heavy atom. The fourth-order valence-electron chi connectivity index (χ4n) is 3.98. The molecule has 12 heteroatoms. The van der Waals surface area contributed by atoms with Crippen molar-refractivity contribution in [3.05, 3.63) is 0 Å². The minimum Gasteiger partial charge on any atom is -0.473 e. The van der Waals surface area contributed by atoms with Crippen LogP contribution < -0.4 is 10.6 Å². The van der Waals surface area contributed by atoms with Crippen molar-refractivity contribution in [2.75, 3.05) is 52.5 Å². The number of rotatable bonds is 6. The molecule has 4 aliphatic heterocycles. The van der Waals surface area contributed by atoms with Crippen LogP contribution in [-0.2, 0) is 19.1 Å². The molecule has 0 bridgehead atoms. The minimum atomic E-state index is -1.82. The number of ether oxygens (including phenoxy) is 2. The van der Waals surface area contributed by atoms with Crippen molar-refractivity contribution < 1.29 is 38.9 Å². The van der Waals surface area contributed by atoms with Crippen LogP contribution in [0.25, 0.3) is 0 Å². The Morgan fingerprint density at radius 2 is 1.09 bits per heavy atom. The molecule has 0 radical (unpaired) electrons. The molecule has 4 heterocycles. The van der Waals surface area contributed by atoms with E-state index >= 15 is 0 Å². The fourth-order valence-corrected chi connectivity index (χ4v) is 3.98. The maximum Gasteiger partial charge on any atom is 0.414 e. The number of hydrogen-bond donors (Lipinski definition) is 4. The van der Waals surface area contributed by atoms with E-state index in [0.717, 1.165) is 77.8 Å². The van der Waals surface area contributed by atoms with E-state index in [0.29, 0.717) is 13.2 Å². The monoisotopic (exact) mass is 486 g/mol. The van der Waals surface area contributed by atoms with Gasteiger partial charge in [-0.25, -0.2) is 19.2 Å².